The topological polar surface area (TPSA) is 84.4 Å². The molecule has 0 spiro atoms. The van der Waals surface area contributed by atoms with Crippen molar-refractivity contribution in [2.24, 2.45) is 11.3 Å². The fourth-order valence-electron chi connectivity index (χ4n) is 7.70. The summed E-state index contributed by atoms with van der Waals surface area (Å²) in [6.07, 6.45) is 4.04. The minimum atomic E-state index is -0.733. The lowest BCUT2D eigenvalue weighted by Gasteiger charge is -2.37. The van der Waals surface area contributed by atoms with Gasteiger partial charge < -0.3 is 24.2 Å². The van der Waals surface area contributed by atoms with Crippen LogP contribution in [0.4, 0.5) is 5.82 Å². The van der Waals surface area contributed by atoms with Gasteiger partial charge in [0.05, 0.1) is 23.8 Å². The Labute approximate surface area is 253 Å². The minimum Gasteiger partial charge on any atom is -0.488 e. The second kappa shape index (κ2) is 11.6. The summed E-state index contributed by atoms with van der Waals surface area (Å²) in [7, 11) is 1.63. The summed E-state index contributed by atoms with van der Waals surface area (Å²) >= 11 is 0. The van der Waals surface area contributed by atoms with E-state index in [1.807, 2.05) is 24.3 Å². The molecule has 0 amide bonds. The van der Waals surface area contributed by atoms with Gasteiger partial charge in [0.1, 0.15) is 18.2 Å². The van der Waals surface area contributed by atoms with Crippen LogP contribution in [0.3, 0.4) is 0 Å². The van der Waals surface area contributed by atoms with Crippen LogP contribution in [-0.2, 0) is 33.8 Å². The maximum absolute atomic E-state index is 12.2. The van der Waals surface area contributed by atoms with E-state index in [4.69, 9.17) is 19.2 Å². The first-order chi connectivity index (χ1) is 21.0. The Balaban J connectivity index is 1.09. The van der Waals surface area contributed by atoms with Crippen molar-refractivity contribution >= 4 is 11.8 Å². The highest BCUT2D eigenvalue weighted by molar-refractivity contribution is 5.82. The van der Waals surface area contributed by atoms with Crippen LogP contribution in [-0.4, -0.2) is 73.1 Å². The quantitative estimate of drug-likeness (QED) is 0.373. The van der Waals surface area contributed by atoms with E-state index in [-0.39, 0.29) is 12.0 Å². The molecular formula is C35H41N3O5. The first-order valence-corrected chi connectivity index (χ1v) is 15.6. The second-order valence-electron chi connectivity index (χ2n) is 12.7. The molecule has 8 nitrogen and oxygen atoms in total. The van der Waals surface area contributed by atoms with E-state index >= 15 is 0 Å². The molecule has 8 heteroatoms. The molecule has 0 bridgehead atoms. The van der Waals surface area contributed by atoms with E-state index in [9.17, 15) is 9.90 Å². The van der Waals surface area contributed by atoms with Gasteiger partial charge in [-0.05, 0) is 79.0 Å². The molecule has 0 unspecified atom stereocenters. The number of para-hydroxylation sites is 1. The number of carbonyl (C=O) groups is 1. The van der Waals surface area contributed by atoms with Gasteiger partial charge >= 0.3 is 5.97 Å². The largest absolute Gasteiger partial charge is 0.488 e. The number of aliphatic carboxylic acids is 1. The summed E-state index contributed by atoms with van der Waals surface area (Å²) in [5, 5.41) is 10.0. The molecular weight excluding hydrogens is 542 g/mol. The first-order valence-electron chi connectivity index (χ1n) is 15.6. The van der Waals surface area contributed by atoms with E-state index in [0.717, 1.165) is 74.0 Å². The molecule has 1 aliphatic carbocycles. The van der Waals surface area contributed by atoms with Gasteiger partial charge in [-0.25, -0.2) is 4.98 Å². The number of hydrogen-bond acceptors (Lipinski definition) is 7. The van der Waals surface area contributed by atoms with Gasteiger partial charge in [-0.15, -0.1) is 0 Å². The number of piperidine rings is 1. The Morgan fingerprint density at radius 1 is 1.12 bits per heavy atom. The van der Waals surface area contributed by atoms with Crippen molar-refractivity contribution in [3.8, 4) is 17.0 Å². The van der Waals surface area contributed by atoms with Crippen molar-refractivity contribution in [1.82, 2.24) is 9.88 Å². The third-order valence-corrected chi connectivity index (χ3v) is 10.2. The Morgan fingerprint density at radius 2 is 1.95 bits per heavy atom. The summed E-state index contributed by atoms with van der Waals surface area (Å²) in [6, 6.07) is 19.3. The Hall–Kier alpha value is -3.46. The number of ether oxygens (including phenoxy) is 3. The molecule has 0 radical (unpaired) electrons. The fourth-order valence-corrected chi connectivity index (χ4v) is 7.70. The molecule has 7 rings (SSSR count). The predicted octanol–water partition coefficient (Wildman–Crippen LogP) is 5.10. The average molecular weight is 584 g/mol. The van der Waals surface area contributed by atoms with Gasteiger partial charge in [-0.1, -0.05) is 36.4 Å². The number of hydrogen-bond donors (Lipinski definition) is 1. The molecule has 1 saturated carbocycles. The molecule has 4 aliphatic rings. The zero-order valence-electron chi connectivity index (χ0n) is 25.1. The second-order valence-corrected chi connectivity index (χ2v) is 12.7. The zero-order chi connectivity index (χ0) is 29.6. The van der Waals surface area contributed by atoms with E-state index in [0.29, 0.717) is 32.2 Å². The van der Waals surface area contributed by atoms with Crippen molar-refractivity contribution in [3.63, 3.8) is 0 Å². The van der Waals surface area contributed by atoms with Gasteiger partial charge in [-0.2, -0.15) is 0 Å². The number of rotatable bonds is 9. The number of fused-ring (bicyclic) bond motifs is 2. The summed E-state index contributed by atoms with van der Waals surface area (Å²) in [5.41, 5.74) is 6.10. The highest BCUT2D eigenvalue weighted by Crippen LogP contribution is 2.62. The lowest BCUT2D eigenvalue weighted by molar-refractivity contribution is -0.144. The van der Waals surface area contributed by atoms with Crippen LogP contribution < -0.4 is 9.64 Å². The Morgan fingerprint density at radius 3 is 2.77 bits per heavy atom. The van der Waals surface area contributed by atoms with Crippen LogP contribution in [0.25, 0.3) is 11.3 Å². The lowest BCUT2D eigenvalue weighted by atomic mass is 9.95. The van der Waals surface area contributed by atoms with Crippen molar-refractivity contribution in [2.75, 3.05) is 44.9 Å². The molecule has 3 aromatic rings. The van der Waals surface area contributed by atoms with E-state index < -0.39 is 11.4 Å². The number of anilines is 1. The summed E-state index contributed by atoms with van der Waals surface area (Å²) < 4.78 is 17.6. The third-order valence-electron chi connectivity index (χ3n) is 10.2. The number of aromatic nitrogens is 1. The van der Waals surface area contributed by atoms with Crippen LogP contribution in [0, 0.1) is 18.3 Å². The first kappa shape index (κ1) is 28.3. The smallest absolute Gasteiger partial charge is 0.312 e. The number of aryl methyl sites for hydroxylation is 1. The zero-order valence-corrected chi connectivity index (χ0v) is 25.1. The molecule has 3 fully saturated rings. The molecule has 226 valence electrons. The van der Waals surface area contributed by atoms with Gasteiger partial charge in [-0.3, -0.25) is 9.69 Å². The maximum atomic E-state index is 12.2. The SMILES string of the molecule is COC[C@H]1N(c2cccc(-c3cccc(C)c3OCc3ccc4c(c3)CCN(C3CCOCC3)C4)n2)C[C@@H]2C[C@@]21C(=O)O. The van der Waals surface area contributed by atoms with Crippen molar-refractivity contribution in [1.29, 1.82) is 0 Å². The van der Waals surface area contributed by atoms with Crippen LogP contribution in [0.2, 0.25) is 0 Å². The minimum absolute atomic E-state index is 0.134. The average Bonchev–Trinajstić information content (AvgIpc) is 3.69. The standard InChI is InChI=1S/C35H41N3O5/c1-23-5-3-6-29(30-7-4-8-32(36-30)38-20-27-18-35(27,34(39)40)31(38)22-41-2)33(23)43-21-24-9-10-26-19-37(14-11-25(26)17-24)28-12-15-42-16-13-28/h3-10,17,27-28,31H,11-16,18-22H2,1-2H3,(H,39,40)/t27-,31+,35+/m0/s1. The molecule has 3 aliphatic heterocycles. The number of benzene rings is 2. The predicted molar refractivity (Wildman–Crippen MR) is 164 cm³/mol. The van der Waals surface area contributed by atoms with Gasteiger partial charge in [0.25, 0.3) is 0 Å². The number of nitrogens with zero attached hydrogens (tertiary/aromatic N) is 3. The molecule has 1 N–H and O–H groups in total. The molecule has 4 heterocycles. The number of carboxylic acid groups (broad SMARTS) is 1. The van der Waals surface area contributed by atoms with E-state index in [1.165, 1.54) is 16.7 Å². The molecule has 2 saturated heterocycles. The van der Waals surface area contributed by atoms with Crippen LogP contribution in [0.15, 0.2) is 54.6 Å². The normalized spacial score (nSPS) is 25.3. The monoisotopic (exact) mass is 583 g/mol. The van der Waals surface area contributed by atoms with Crippen molar-refractivity contribution in [2.45, 2.75) is 57.8 Å². The fraction of sp³-hybridized carbons (Fsp3) is 0.486. The molecule has 2 aromatic carbocycles. The maximum Gasteiger partial charge on any atom is 0.312 e. The highest BCUT2D eigenvalue weighted by atomic mass is 16.5. The number of pyridine rings is 1. The molecule has 43 heavy (non-hydrogen) atoms. The summed E-state index contributed by atoms with van der Waals surface area (Å²) in [5.74, 6) is 1.01. The third kappa shape index (κ3) is 5.19. The lowest BCUT2D eigenvalue weighted by Crippen LogP contribution is -2.43. The summed E-state index contributed by atoms with van der Waals surface area (Å²) in [4.78, 5) is 22.0. The van der Waals surface area contributed by atoms with E-state index in [2.05, 4.69) is 47.1 Å². The number of carboxylic acids is 1. The Kier molecular flexibility index (Phi) is 7.61. The van der Waals surface area contributed by atoms with E-state index in [1.54, 1.807) is 7.11 Å². The number of methoxy groups -OCH3 is 1. The van der Waals surface area contributed by atoms with Crippen LogP contribution in [0.1, 0.15) is 41.5 Å². The summed E-state index contributed by atoms with van der Waals surface area (Å²) in [6.45, 7) is 7.47. The van der Waals surface area contributed by atoms with Gasteiger partial charge in [0, 0.05) is 51.6 Å². The van der Waals surface area contributed by atoms with Crippen LogP contribution >= 0.6 is 0 Å². The Bertz CT molecular complexity index is 1500. The highest BCUT2D eigenvalue weighted by Gasteiger charge is 2.71. The van der Waals surface area contributed by atoms with Crippen molar-refractivity contribution in [3.05, 3.63) is 76.9 Å². The van der Waals surface area contributed by atoms with Gasteiger partial charge in [0.15, 0.2) is 0 Å². The van der Waals surface area contributed by atoms with Crippen LogP contribution in [0.5, 0.6) is 5.75 Å². The molecule has 1 aromatic heterocycles. The molecule has 3 atom stereocenters. The van der Waals surface area contributed by atoms with Gasteiger partial charge in [0.2, 0.25) is 0 Å². The van der Waals surface area contributed by atoms with Crippen molar-refractivity contribution < 1.29 is 24.1 Å².